The summed E-state index contributed by atoms with van der Waals surface area (Å²) in [6, 6.07) is -0.617. The normalized spacial score (nSPS) is 18.5. The second-order valence-electron chi connectivity index (χ2n) is 3.87. The van der Waals surface area contributed by atoms with Crippen LogP contribution in [0.5, 0.6) is 0 Å². The van der Waals surface area contributed by atoms with Gasteiger partial charge in [0.25, 0.3) is 0 Å². The first kappa shape index (κ1) is 12.0. The highest BCUT2D eigenvalue weighted by Gasteiger charge is 2.34. The quantitative estimate of drug-likeness (QED) is 0.685. The molecule has 5 heteroatoms. The Morgan fingerprint density at radius 2 is 2.00 bits per heavy atom. The van der Waals surface area contributed by atoms with Crippen molar-refractivity contribution in [2.75, 3.05) is 6.54 Å². The molecule has 0 unspecified atom stereocenters. The van der Waals surface area contributed by atoms with Crippen molar-refractivity contribution < 1.29 is 19.8 Å². The first-order chi connectivity index (χ1) is 7.06. The number of carboxylic acids is 2. The Morgan fingerprint density at radius 1 is 1.40 bits per heavy atom. The topological polar surface area (TPSA) is 77.8 Å². The summed E-state index contributed by atoms with van der Waals surface area (Å²) < 4.78 is 0. The molecule has 1 aliphatic carbocycles. The van der Waals surface area contributed by atoms with Crippen LogP contribution in [-0.2, 0) is 9.59 Å². The Morgan fingerprint density at radius 3 is 2.27 bits per heavy atom. The van der Waals surface area contributed by atoms with Gasteiger partial charge in [-0.3, -0.25) is 14.5 Å². The van der Waals surface area contributed by atoms with Gasteiger partial charge in [-0.05, 0) is 19.4 Å². The standard InChI is InChI=1S/C10H17NO4/c1-2-11(7-4-3-5-7)8(10(14)15)6-9(12)13/h7-8H,2-6H2,1H3,(H,12,13)(H,14,15)/t8-/m0/s1. The lowest BCUT2D eigenvalue weighted by Gasteiger charge is -2.39. The van der Waals surface area contributed by atoms with E-state index in [1.165, 1.54) is 0 Å². The van der Waals surface area contributed by atoms with E-state index >= 15 is 0 Å². The highest BCUT2D eigenvalue weighted by molar-refractivity contribution is 5.80. The third-order valence-electron chi connectivity index (χ3n) is 2.96. The van der Waals surface area contributed by atoms with E-state index in [0.29, 0.717) is 6.54 Å². The molecule has 1 saturated carbocycles. The number of likely N-dealkylation sites (N-methyl/N-ethyl adjacent to an activating group) is 1. The van der Waals surface area contributed by atoms with Gasteiger partial charge in [0, 0.05) is 6.04 Å². The van der Waals surface area contributed by atoms with Gasteiger partial charge < -0.3 is 10.2 Å². The number of carbonyl (C=O) groups is 2. The van der Waals surface area contributed by atoms with Gasteiger partial charge in [0.05, 0.1) is 6.42 Å². The number of nitrogens with zero attached hydrogens (tertiary/aromatic N) is 1. The average Bonchev–Trinajstić information content (AvgIpc) is 2.06. The molecule has 1 fully saturated rings. The molecule has 0 aromatic rings. The minimum absolute atomic E-state index is 0.260. The molecule has 1 aliphatic rings. The van der Waals surface area contributed by atoms with E-state index in [-0.39, 0.29) is 12.5 Å². The van der Waals surface area contributed by atoms with Crippen LogP contribution in [0.4, 0.5) is 0 Å². The van der Waals surface area contributed by atoms with Crippen LogP contribution in [0.1, 0.15) is 32.6 Å². The maximum Gasteiger partial charge on any atom is 0.321 e. The van der Waals surface area contributed by atoms with Gasteiger partial charge >= 0.3 is 11.9 Å². The van der Waals surface area contributed by atoms with Crippen molar-refractivity contribution in [1.29, 1.82) is 0 Å². The fourth-order valence-corrected chi connectivity index (χ4v) is 1.96. The van der Waals surface area contributed by atoms with Crippen molar-refractivity contribution in [3.05, 3.63) is 0 Å². The van der Waals surface area contributed by atoms with Gasteiger partial charge in [-0.1, -0.05) is 13.3 Å². The summed E-state index contributed by atoms with van der Waals surface area (Å²) in [6.07, 6.45) is 2.76. The Labute approximate surface area is 88.7 Å². The fraction of sp³-hybridized carbons (Fsp3) is 0.800. The van der Waals surface area contributed by atoms with Gasteiger partial charge in [-0.15, -0.1) is 0 Å². The monoisotopic (exact) mass is 215 g/mol. The van der Waals surface area contributed by atoms with Crippen molar-refractivity contribution in [3.8, 4) is 0 Å². The molecule has 0 heterocycles. The summed E-state index contributed by atoms with van der Waals surface area (Å²) in [5.74, 6) is -2.09. The second kappa shape index (κ2) is 5.11. The van der Waals surface area contributed by atoms with Crippen LogP contribution < -0.4 is 0 Å². The van der Waals surface area contributed by atoms with E-state index in [2.05, 4.69) is 0 Å². The molecule has 0 bridgehead atoms. The zero-order valence-corrected chi connectivity index (χ0v) is 8.85. The summed E-state index contributed by atoms with van der Waals surface area (Å²) in [6.45, 7) is 2.46. The molecule has 5 nitrogen and oxygen atoms in total. The van der Waals surface area contributed by atoms with E-state index < -0.39 is 18.0 Å². The second-order valence-corrected chi connectivity index (χ2v) is 3.87. The summed E-state index contributed by atoms with van der Waals surface area (Å²) in [4.78, 5) is 23.3. The number of hydrogen-bond donors (Lipinski definition) is 2. The SMILES string of the molecule is CCN(C1CCC1)[C@@H](CC(=O)O)C(=O)O. The molecule has 0 spiro atoms. The predicted molar refractivity (Wildman–Crippen MR) is 53.7 cm³/mol. The number of hydrogen-bond acceptors (Lipinski definition) is 3. The highest BCUT2D eigenvalue weighted by Crippen LogP contribution is 2.27. The lowest BCUT2D eigenvalue weighted by atomic mass is 9.90. The van der Waals surface area contributed by atoms with Crippen molar-refractivity contribution in [1.82, 2.24) is 4.90 Å². The fourth-order valence-electron chi connectivity index (χ4n) is 1.96. The minimum atomic E-state index is -1.06. The molecule has 0 aromatic heterocycles. The molecule has 0 radical (unpaired) electrons. The highest BCUT2D eigenvalue weighted by atomic mass is 16.4. The summed E-state index contributed by atoms with van der Waals surface area (Å²) >= 11 is 0. The van der Waals surface area contributed by atoms with E-state index in [1.807, 2.05) is 6.92 Å². The number of carboxylic acid groups (broad SMARTS) is 2. The molecule has 1 atom stereocenters. The first-order valence-corrected chi connectivity index (χ1v) is 5.26. The van der Waals surface area contributed by atoms with Crippen molar-refractivity contribution >= 4 is 11.9 Å². The van der Waals surface area contributed by atoms with E-state index in [9.17, 15) is 9.59 Å². The average molecular weight is 215 g/mol. The largest absolute Gasteiger partial charge is 0.481 e. The summed E-state index contributed by atoms with van der Waals surface area (Å²) in [5, 5.41) is 17.6. The molecule has 0 amide bonds. The lowest BCUT2D eigenvalue weighted by Crippen LogP contribution is -2.50. The predicted octanol–water partition coefficient (Wildman–Crippen LogP) is 0.789. The number of aliphatic carboxylic acids is 2. The van der Waals surface area contributed by atoms with Crippen LogP contribution in [0, 0.1) is 0 Å². The van der Waals surface area contributed by atoms with Crippen molar-refractivity contribution in [2.45, 2.75) is 44.7 Å². The lowest BCUT2D eigenvalue weighted by molar-refractivity contribution is -0.151. The maximum absolute atomic E-state index is 11.0. The Hall–Kier alpha value is -1.10. The molecule has 0 saturated heterocycles. The van der Waals surface area contributed by atoms with Gasteiger partial charge in [0.2, 0.25) is 0 Å². The molecular weight excluding hydrogens is 198 g/mol. The Kier molecular flexibility index (Phi) is 4.08. The maximum atomic E-state index is 11.0. The van der Waals surface area contributed by atoms with Crippen LogP contribution >= 0.6 is 0 Å². The summed E-state index contributed by atoms with van der Waals surface area (Å²) in [7, 11) is 0. The Balaban J connectivity index is 2.65. The minimum Gasteiger partial charge on any atom is -0.481 e. The van der Waals surface area contributed by atoms with Crippen LogP contribution in [0.25, 0.3) is 0 Å². The number of rotatable bonds is 6. The zero-order chi connectivity index (χ0) is 11.4. The first-order valence-electron chi connectivity index (χ1n) is 5.26. The van der Waals surface area contributed by atoms with Gasteiger partial charge in [0.15, 0.2) is 0 Å². The smallest absolute Gasteiger partial charge is 0.321 e. The van der Waals surface area contributed by atoms with Crippen LogP contribution in [0.3, 0.4) is 0 Å². The third-order valence-corrected chi connectivity index (χ3v) is 2.96. The van der Waals surface area contributed by atoms with Gasteiger partial charge in [0.1, 0.15) is 6.04 Å². The molecule has 1 rings (SSSR count). The summed E-state index contributed by atoms with van der Waals surface area (Å²) in [5.41, 5.74) is 0. The van der Waals surface area contributed by atoms with Crippen LogP contribution in [0.15, 0.2) is 0 Å². The molecule has 0 aromatic carbocycles. The molecular formula is C10H17NO4. The van der Waals surface area contributed by atoms with Crippen LogP contribution in [0.2, 0.25) is 0 Å². The van der Waals surface area contributed by atoms with E-state index in [4.69, 9.17) is 10.2 Å². The van der Waals surface area contributed by atoms with E-state index in [0.717, 1.165) is 19.3 Å². The van der Waals surface area contributed by atoms with Crippen LogP contribution in [-0.4, -0.2) is 45.7 Å². The molecule has 2 N–H and O–H groups in total. The molecule has 0 aliphatic heterocycles. The Bertz CT molecular complexity index is 250. The molecule has 86 valence electrons. The van der Waals surface area contributed by atoms with Crippen molar-refractivity contribution in [2.24, 2.45) is 0 Å². The zero-order valence-electron chi connectivity index (χ0n) is 8.85. The van der Waals surface area contributed by atoms with Gasteiger partial charge in [-0.2, -0.15) is 0 Å². The van der Waals surface area contributed by atoms with Crippen molar-refractivity contribution in [3.63, 3.8) is 0 Å². The third kappa shape index (κ3) is 2.92. The van der Waals surface area contributed by atoms with E-state index in [1.54, 1.807) is 4.90 Å². The van der Waals surface area contributed by atoms with Gasteiger partial charge in [-0.25, -0.2) is 0 Å². The molecule has 15 heavy (non-hydrogen) atoms.